The Morgan fingerprint density at radius 3 is 2.61 bits per heavy atom. The number of nitrogens with one attached hydrogen (secondary N) is 1. The minimum atomic E-state index is -1.82. The molecular weight excluding hydrogens is 558 g/mol. The first kappa shape index (κ1) is 25.4. The molecule has 0 spiro atoms. The van der Waals surface area contributed by atoms with Crippen LogP contribution in [0.1, 0.15) is 11.1 Å². The molecule has 5 aromatic rings. The average Bonchev–Trinajstić information content (AvgIpc) is 3.53. The van der Waals surface area contributed by atoms with Gasteiger partial charge < -0.3 is 10.4 Å². The highest BCUT2D eigenvalue weighted by Gasteiger charge is 2.35. The van der Waals surface area contributed by atoms with Gasteiger partial charge in [0.25, 0.3) is 0 Å². The molecule has 5 rings (SSSR count). The zero-order valence-corrected chi connectivity index (χ0v) is 21.4. The number of aliphatic hydroxyl groups is 1. The average molecular weight is 579 g/mol. The van der Waals surface area contributed by atoms with E-state index < -0.39 is 17.2 Å². The van der Waals surface area contributed by atoms with Gasteiger partial charge in [-0.3, -0.25) is 9.48 Å². The normalized spacial score (nSPS) is 13.2. The van der Waals surface area contributed by atoms with Gasteiger partial charge in [0, 0.05) is 33.3 Å². The molecule has 2 aromatic heterocycles. The maximum absolute atomic E-state index is 14.8. The van der Waals surface area contributed by atoms with Gasteiger partial charge in [-0.25, -0.2) is 18.4 Å². The molecule has 8 nitrogen and oxygen atoms in total. The van der Waals surface area contributed by atoms with Gasteiger partial charge in [-0.05, 0) is 48.0 Å². The summed E-state index contributed by atoms with van der Waals surface area (Å²) in [6.45, 7) is -0.295. The van der Waals surface area contributed by atoms with E-state index in [-0.39, 0.29) is 24.6 Å². The molecule has 0 fully saturated rings. The molecule has 0 radical (unpaired) electrons. The van der Waals surface area contributed by atoms with Crippen LogP contribution in [0.4, 0.5) is 14.5 Å². The monoisotopic (exact) mass is 578 g/mol. The quantitative estimate of drug-likeness (QED) is 0.255. The van der Waals surface area contributed by atoms with Crippen LogP contribution in [-0.4, -0.2) is 35.6 Å². The molecule has 0 aliphatic rings. The summed E-state index contributed by atoms with van der Waals surface area (Å²) >= 11 is 3.38. The highest BCUT2D eigenvalue weighted by atomic mass is 79.9. The number of carbonyl (C=O) groups excluding carboxylic acids is 1. The Kier molecular flexibility index (Phi) is 7.12. The lowest BCUT2D eigenvalue weighted by molar-refractivity contribution is -0.111. The summed E-state index contributed by atoms with van der Waals surface area (Å²) in [7, 11) is 0. The number of hydrogen-bond acceptors (Lipinski definition) is 5. The van der Waals surface area contributed by atoms with Gasteiger partial charge >= 0.3 is 0 Å². The number of nitrogens with zero attached hydrogens (tertiary/aromatic N) is 5. The van der Waals surface area contributed by atoms with Gasteiger partial charge in [-0.1, -0.05) is 34.1 Å². The minimum Gasteiger partial charge on any atom is -0.381 e. The number of aromatic nitrogens is 5. The van der Waals surface area contributed by atoms with Crippen molar-refractivity contribution in [1.82, 2.24) is 24.5 Å². The molecule has 11 heteroatoms. The molecule has 38 heavy (non-hydrogen) atoms. The summed E-state index contributed by atoms with van der Waals surface area (Å²) in [5, 5.41) is 23.5. The van der Waals surface area contributed by atoms with Gasteiger partial charge in [-0.15, -0.1) is 0 Å². The number of rotatable bonds is 8. The van der Waals surface area contributed by atoms with E-state index in [4.69, 9.17) is 0 Å². The Morgan fingerprint density at radius 2 is 1.87 bits per heavy atom. The maximum atomic E-state index is 14.8. The molecule has 1 unspecified atom stereocenters. The molecule has 0 aliphatic carbocycles. The Labute approximate surface area is 224 Å². The van der Waals surface area contributed by atoms with E-state index in [0.29, 0.717) is 16.6 Å². The van der Waals surface area contributed by atoms with Crippen LogP contribution in [0.2, 0.25) is 0 Å². The second kappa shape index (κ2) is 10.6. The smallest absolute Gasteiger partial charge is 0.248 e. The van der Waals surface area contributed by atoms with Crippen LogP contribution >= 0.6 is 15.9 Å². The number of halogens is 3. The van der Waals surface area contributed by atoms with Crippen molar-refractivity contribution in [3.63, 3.8) is 0 Å². The van der Waals surface area contributed by atoms with Crippen LogP contribution < -0.4 is 5.32 Å². The lowest BCUT2D eigenvalue weighted by Crippen LogP contribution is -2.37. The van der Waals surface area contributed by atoms with Crippen molar-refractivity contribution in [3.8, 4) is 0 Å². The summed E-state index contributed by atoms with van der Waals surface area (Å²) in [6, 6.07) is 15.8. The number of fused-ring (bicyclic) bond motifs is 1. The molecule has 0 aliphatic heterocycles. The second-order valence-electron chi connectivity index (χ2n) is 8.70. The summed E-state index contributed by atoms with van der Waals surface area (Å²) in [5.74, 6) is -1.93. The fourth-order valence-electron chi connectivity index (χ4n) is 4.14. The van der Waals surface area contributed by atoms with E-state index >= 15 is 0 Å². The van der Waals surface area contributed by atoms with Crippen LogP contribution in [0, 0.1) is 11.6 Å². The van der Waals surface area contributed by atoms with Crippen molar-refractivity contribution in [2.24, 2.45) is 0 Å². The molecule has 0 saturated carbocycles. The van der Waals surface area contributed by atoms with Crippen molar-refractivity contribution >= 4 is 44.5 Å². The molecule has 0 bridgehead atoms. The van der Waals surface area contributed by atoms with Gasteiger partial charge in [-0.2, -0.15) is 10.2 Å². The Bertz CT molecular complexity index is 1620. The largest absolute Gasteiger partial charge is 0.381 e. The number of anilines is 1. The van der Waals surface area contributed by atoms with E-state index in [1.54, 1.807) is 30.5 Å². The Balaban J connectivity index is 1.38. The van der Waals surface area contributed by atoms with E-state index in [2.05, 4.69) is 36.4 Å². The van der Waals surface area contributed by atoms with Crippen molar-refractivity contribution in [3.05, 3.63) is 113 Å². The standard InChI is InChI=1S/C27H21BrF2N6O2/c28-20-4-1-18(2-5-20)3-10-26(37)34-22-7-9-25-19(11-22)13-32-36(25)15-27(38,14-35-17-31-16-33-35)23-8-6-21(29)12-24(23)30/h1-13,16-17,38H,14-15H2,(H,34,37). The number of amides is 1. The van der Waals surface area contributed by atoms with E-state index in [1.807, 2.05) is 24.3 Å². The van der Waals surface area contributed by atoms with Gasteiger partial charge in [0.05, 0.1) is 24.8 Å². The lowest BCUT2D eigenvalue weighted by Gasteiger charge is -2.29. The van der Waals surface area contributed by atoms with Crippen molar-refractivity contribution < 1.29 is 18.7 Å². The third kappa shape index (κ3) is 5.68. The second-order valence-corrected chi connectivity index (χ2v) is 9.61. The van der Waals surface area contributed by atoms with Crippen LogP contribution in [-0.2, 0) is 23.5 Å². The first-order chi connectivity index (χ1) is 18.3. The first-order valence-electron chi connectivity index (χ1n) is 11.5. The van der Waals surface area contributed by atoms with E-state index in [0.717, 1.165) is 22.2 Å². The predicted octanol–water partition coefficient (Wildman–Crippen LogP) is 4.91. The third-order valence-electron chi connectivity index (χ3n) is 5.94. The fourth-order valence-corrected chi connectivity index (χ4v) is 4.40. The summed E-state index contributed by atoms with van der Waals surface area (Å²) in [6.07, 6.45) is 7.43. The zero-order valence-electron chi connectivity index (χ0n) is 19.8. The summed E-state index contributed by atoms with van der Waals surface area (Å²) in [5.41, 5.74) is 0.170. The maximum Gasteiger partial charge on any atom is 0.248 e. The van der Waals surface area contributed by atoms with Crippen molar-refractivity contribution in [1.29, 1.82) is 0 Å². The fraction of sp³-hybridized carbons (Fsp3) is 0.111. The van der Waals surface area contributed by atoms with Crippen molar-refractivity contribution in [2.75, 3.05) is 5.32 Å². The number of benzene rings is 3. The van der Waals surface area contributed by atoms with E-state index in [9.17, 15) is 18.7 Å². The number of carbonyl (C=O) groups is 1. The first-order valence-corrected chi connectivity index (χ1v) is 12.3. The van der Waals surface area contributed by atoms with Gasteiger partial charge in [0.15, 0.2) is 0 Å². The molecule has 3 aromatic carbocycles. The molecule has 1 atom stereocenters. The molecule has 2 N–H and O–H groups in total. The lowest BCUT2D eigenvalue weighted by atomic mass is 9.92. The molecule has 1 amide bonds. The highest BCUT2D eigenvalue weighted by molar-refractivity contribution is 9.10. The van der Waals surface area contributed by atoms with Gasteiger partial charge in [0.2, 0.25) is 5.91 Å². The SMILES string of the molecule is O=C(C=Cc1ccc(Br)cc1)Nc1ccc2c(cnn2CC(O)(Cn2cncn2)c2ccc(F)cc2F)c1. The van der Waals surface area contributed by atoms with Gasteiger partial charge in [0.1, 0.15) is 29.9 Å². The van der Waals surface area contributed by atoms with Crippen LogP contribution in [0.15, 0.2) is 90.1 Å². The molecule has 0 saturated heterocycles. The topological polar surface area (TPSA) is 97.9 Å². The summed E-state index contributed by atoms with van der Waals surface area (Å²) < 4.78 is 32.2. The molecule has 192 valence electrons. The van der Waals surface area contributed by atoms with E-state index in [1.165, 1.54) is 34.2 Å². The molecule has 2 heterocycles. The molecular formula is C27H21BrF2N6O2. The van der Waals surface area contributed by atoms with Crippen LogP contribution in [0.3, 0.4) is 0 Å². The third-order valence-corrected chi connectivity index (χ3v) is 6.47. The number of hydrogen-bond donors (Lipinski definition) is 2. The minimum absolute atomic E-state index is 0.0977. The predicted molar refractivity (Wildman–Crippen MR) is 142 cm³/mol. The van der Waals surface area contributed by atoms with Crippen LogP contribution in [0.25, 0.3) is 17.0 Å². The zero-order chi connectivity index (χ0) is 26.7. The van der Waals surface area contributed by atoms with Crippen LogP contribution in [0.5, 0.6) is 0 Å². The Hall–Kier alpha value is -4.22. The summed E-state index contributed by atoms with van der Waals surface area (Å²) in [4.78, 5) is 16.3. The Morgan fingerprint density at radius 1 is 1.05 bits per heavy atom. The highest BCUT2D eigenvalue weighted by Crippen LogP contribution is 2.30. The van der Waals surface area contributed by atoms with Crippen molar-refractivity contribution in [2.45, 2.75) is 18.7 Å².